The number of benzene rings is 2. The van der Waals surface area contributed by atoms with Gasteiger partial charge in [-0.05, 0) is 35.9 Å². The maximum absolute atomic E-state index is 13.2. The number of hydrogen-bond acceptors (Lipinski definition) is 3. The van der Waals surface area contributed by atoms with E-state index in [1.165, 1.54) is 12.1 Å². The number of amides is 2. The molecule has 2 amide bonds. The zero-order valence-electron chi connectivity index (χ0n) is 11.1. The second-order valence-electron chi connectivity index (χ2n) is 4.35. The normalized spacial score (nSPS) is 9.71. The molecule has 2 aromatic carbocycles. The summed E-state index contributed by atoms with van der Waals surface area (Å²) in [6.07, 6.45) is 0. The van der Waals surface area contributed by atoms with Crippen LogP contribution in [0.5, 0.6) is 0 Å². The molecule has 0 aliphatic carbocycles. The number of hydrogen-bond donors (Lipinski definition) is 3. The Labute approximate surface area is 121 Å². The van der Waals surface area contributed by atoms with E-state index in [1.54, 1.807) is 30.3 Å². The zero-order chi connectivity index (χ0) is 15.2. The van der Waals surface area contributed by atoms with Gasteiger partial charge in [0.2, 0.25) is 0 Å². The first-order valence-corrected chi connectivity index (χ1v) is 6.17. The van der Waals surface area contributed by atoms with Gasteiger partial charge in [0.15, 0.2) is 0 Å². The third-order valence-corrected chi connectivity index (χ3v) is 2.78. The molecule has 21 heavy (non-hydrogen) atoms. The Morgan fingerprint density at radius 2 is 2.00 bits per heavy atom. The van der Waals surface area contributed by atoms with Gasteiger partial charge in [-0.2, -0.15) is 5.26 Å². The molecule has 2 rings (SSSR count). The van der Waals surface area contributed by atoms with Gasteiger partial charge in [0.1, 0.15) is 11.9 Å². The van der Waals surface area contributed by atoms with E-state index in [2.05, 4.69) is 10.6 Å². The van der Waals surface area contributed by atoms with Gasteiger partial charge in [-0.3, -0.25) is 0 Å². The van der Waals surface area contributed by atoms with Gasteiger partial charge in [0.25, 0.3) is 0 Å². The third-order valence-electron chi connectivity index (χ3n) is 2.78. The van der Waals surface area contributed by atoms with Crippen molar-refractivity contribution in [2.45, 2.75) is 6.54 Å². The summed E-state index contributed by atoms with van der Waals surface area (Å²) in [6.45, 7) is 0.426. The highest BCUT2D eigenvalue weighted by molar-refractivity contribution is 5.88. The zero-order valence-corrected chi connectivity index (χ0v) is 11.1. The molecule has 0 aromatic heterocycles. The van der Waals surface area contributed by atoms with Crippen molar-refractivity contribution in [3.05, 3.63) is 59.4 Å². The summed E-state index contributed by atoms with van der Waals surface area (Å²) in [7, 11) is 0. The predicted octanol–water partition coefficient (Wildman–Crippen LogP) is 2.80. The van der Waals surface area contributed by atoms with Crippen molar-refractivity contribution in [1.82, 2.24) is 0 Å². The number of nitrogens with two attached hydrogens (primary N) is 1. The lowest BCUT2D eigenvalue weighted by atomic mass is 10.1. The molecule has 0 atom stereocenters. The number of nitrogens with one attached hydrogen (secondary N) is 2. The highest BCUT2D eigenvalue weighted by atomic mass is 19.1. The summed E-state index contributed by atoms with van der Waals surface area (Å²) in [5.41, 5.74) is 7.18. The molecule has 0 heterocycles. The molecule has 0 spiro atoms. The number of primary amides is 1. The number of halogens is 1. The Morgan fingerprint density at radius 1 is 1.24 bits per heavy atom. The van der Waals surface area contributed by atoms with E-state index in [9.17, 15) is 9.18 Å². The topological polar surface area (TPSA) is 90.9 Å². The largest absolute Gasteiger partial charge is 0.381 e. The second-order valence-corrected chi connectivity index (χ2v) is 4.35. The van der Waals surface area contributed by atoms with E-state index < -0.39 is 11.8 Å². The average Bonchev–Trinajstić information content (AvgIpc) is 2.46. The van der Waals surface area contributed by atoms with E-state index >= 15 is 0 Å². The van der Waals surface area contributed by atoms with Crippen LogP contribution in [0.2, 0.25) is 0 Å². The summed E-state index contributed by atoms with van der Waals surface area (Å²) in [5, 5.41) is 14.4. The minimum absolute atomic E-state index is 0.0124. The number of anilines is 2. The fourth-order valence-corrected chi connectivity index (χ4v) is 1.82. The fourth-order valence-electron chi connectivity index (χ4n) is 1.82. The molecule has 2 aromatic rings. The maximum Gasteiger partial charge on any atom is 0.316 e. The standard InChI is InChI=1S/C15H13FN4O/c16-14-5-4-10(6-11(14)8-17)9-19-12-2-1-3-13(7-12)20-15(18)21/h1-7,19H,9H2,(H3,18,20,21). The van der Waals surface area contributed by atoms with Gasteiger partial charge < -0.3 is 16.4 Å². The van der Waals surface area contributed by atoms with Crippen molar-refractivity contribution in [2.75, 3.05) is 10.6 Å². The van der Waals surface area contributed by atoms with Gasteiger partial charge >= 0.3 is 6.03 Å². The number of carbonyl (C=O) groups is 1. The first-order chi connectivity index (χ1) is 10.1. The highest BCUT2D eigenvalue weighted by Crippen LogP contribution is 2.16. The van der Waals surface area contributed by atoms with Crippen LogP contribution in [-0.4, -0.2) is 6.03 Å². The smallest absolute Gasteiger partial charge is 0.316 e. The fraction of sp³-hybridized carbons (Fsp3) is 0.0667. The molecule has 106 valence electrons. The molecule has 5 nitrogen and oxygen atoms in total. The van der Waals surface area contributed by atoms with Crippen LogP contribution in [0, 0.1) is 17.1 Å². The lowest BCUT2D eigenvalue weighted by molar-refractivity contribution is 0.259. The molecule has 0 unspecified atom stereocenters. The van der Waals surface area contributed by atoms with Crippen molar-refractivity contribution >= 4 is 17.4 Å². The van der Waals surface area contributed by atoms with Crippen LogP contribution >= 0.6 is 0 Å². The van der Waals surface area contributed by atoms with Gasteiger partial charge in [-0.15, -0.1) is 0 Å². The molecule has 4 N–H and O–H groups in total. The lowest BCUT2D eigenvalue weighted by Crippen LogP contribution is -2.19. The van der Waals surface area contributed by atoms with E-state index in [1.807, 2.05) is 6.07 Å². The Morgan fingerprint density at radius 3 is 2.71 bits per heavy atom. The van der Waals surface area contributed by atoms with Crippen molar-refractivity contribution in [2.24, 2.45) is 5.73 Å². The van der Waals surface area contributed by atoms with Gasteiger partial charge in [-0.25, -0.2) is 9.18 Å². The highest BCUT2D eigenvalue weighted by Gasteiger charge is 2.03. The monoisotopic (exact) mass is 284 g/mol. The summed E-state index contributed by atoms with van der Waals surface area (Å²) >= 11 is 0. The maximum atomic E-state index is 13.2. The Kier molecular flexibility index (Phi) is 4.36. The Hall–Kier alpha value is -3.07. The van der Waals surface area contributed by atoms with Crippen LogP contribution in [0.1, 0.15) is 11.1 Å². The minimum Gasteiger partial charge on any atom is -0.381 e. The van der Waals surface area contributed by atoms with Crippen LogP contribution in [0.25, 0.3) is 0 Å². The Bertz CT molecular complexity index is 709. The molecule has 0 saturated carbocycles. The molecule has 0 aliphatic heterocycles. The van der Waals surface area contributed by atoms with Crippen molar-refractivity contribution in [3.8, 4) is 6.07 Å². The van der Waals surface area contributed by atoms with Gasteiger partial charge in [-0.1, -0.05) is 12.1 Å². The van der Waals surface area contributed by atoms with Crippen molar-refractivity contribution in [1.29, 1.82) is 5.26 Å². The van der Waals surface area contributed by atoms with E-state index in [-0.39, 0.29) is 5.56 Å². The number of rotatable bonds is 4. The molecule has 0 bridgehead atoms. The molecular weight excluding hydrogens is 271 g/mol. The molecule has 0 fully saturated rings. The van der Waals surface area contributed by atoms with Crippen LogP contribution < -0.4 is 16.4 Å². The Balaban J connectivity index is 2.06. The van der Waals surface area contributed by atoms with E-state index in [0.29, 0.717) is 12.2 Å². The first kappa shape index (κ1) is 14.3. The summed E-state index contributed by atoms with van der Waals surface area (Å²) in [6, 6.07) is 12.5. The molecule has 0 radical (unpaired) electrons. The van der Waals surface area contributed by atoms with Crippen molar-refractivity contribution < 1.29 is 9.18 Å². The van der Waals surface area contributed by atoms with Crippen LogP contribution in [0.4, 0.5) is 20.6 Å². The van der Waals surface area contributed by atoms with E-state index in [0.717, 1.165) is 11.3 Å². The minimum atomic E-state index is -0.635. The second kappa shape index (κ2) is 6.39. The van der Waals surface area contributed by atoms with Crippen LogP contribution in [0.3, 0.4) is 0 Å². The van der Waals surface area contributed by atoms with Gasteiger partial charge in [0, 0.05) is 17.9 Å². The van der Waals surface area contributed by atoms with Crippen molar-refractivity contribution in [3.63, 3.8) is 0 Å². The van der Waals surface area contributed by atoms with E-state index in [4.69, 9.17) is 11.0 Å². The third kappa shape index (κ3) is 3.94. The lowest BCUT2D eigenvalue weighted by Gasteiger charge is -2.09. The number of nitriles is 1. The molecule has 6 heteroatoms. The summed E-state index contributed by atoms with van der Waals surface area (Å²) in [5.74, 6) is -0.533. The summed E-state index contributed by atoms with van der Waals surface area (Å²) < 4.78 is 13.2. The number of nitrogens with zero attached hydrogens (tertiary/aromatic N) is 1. The summed E-state index contributed by atoms with van der Waals surface area (Å²) in [4.78, 5) is 10.8. The molecule has 0 aliphatic rings. The quantitative estimate of drug-likeness (QED) is 0.806. The molecular formula is C15H13FN4O. The van der Waals surface area contributed by atoms with Crippen LogP contribution in [0.15, 0.2) is 42.5 Å². The predicted molar refractivity (Wildman–Crippen MR) is 78.1 cm³/mol. The first-order valence-electron chi connectivity index (χ1n) is 6.17. The average molecular weight is 284 g/mol. The number of carbonyl (C=O) groups excluding carboxylic acids is 1. The molecule has 0 saturated heterocycles. The number of urea groups is 1. The van der Waals surface area contributed by atoms with Gasteiger partial charge in [0.05, 0.1) is 5.56 Å². The van der Waals surface area contributed by atoms with Crippen LogP contribution in [-0.2, 0) is 6.54 Å². The SMILES string of the molecule is N#Cc1cc(CNc2cccc(NC(N)=O)c2)ccc1F.